The number of alkyl halides is 3. The third kappa shape index (κ3) is 3.72. The van der Waals surface area contributed by atoms with Gasteiger partial charge in [-0.2, -0.15) is 0 Å². The molecule has 0 bridgehead atoms. The van der Waals surface area contributed by atoms with Crippen molar-refractivity contribution in [2.24, 2.45) is 0 Å². The van der Waals surface area contributed by atoms with Gasteiger partial charge in [0.25, 0.3) is 0 Å². The highest BCUT2D eigenvalue weighted by Gasteiger charge is 2.31. The second-order valence-corrected chi connectivity index (χ2v) is 10.8. The van der Waals surface area contributed by atoms with Crippen molar-refractivity contribution in [3.05, 3.63) is 127 Å². The Morgan fingerprint density at radius 2 is 0.952 bits per heavy atom. The van der Waals surface area contributed by atoms with Gasteiger partial charge in [0.05, 0.1) is 0 Å². The topological polar surface area (TPSA) is 9.23 Å². The van der Waals surface area contributed by atoms with Crippen LogP contribution in [0, 0.1) is 6.92 Å². The maximum absolute atomic E-state index is 12.7. The van der Waals surface area contributed by atoms with Crippen LogP contribution in [-0.4, -0.2) is 6.36 Å². The maximum atomic E-state index is 12.7. The van der Waals surface area contributed by atoms with Crippen LogP contribution in [0.4, 0.5) is 13.2 Å². The summed E-state index contributed by atoms with van der Waals surface area (Å²) in [4.78, 5) is 0. The third-order valence-corrected chi connectivity index (χ3v) is 8.53. The maximum Gasteiger partial charge on any atom is 0.573 e. The number of ether oxygens (including phenoxy) is 1. The number of halogens is 3. The van der Waals surface area contributed by atoms with E-state index >= 15 is 0 Å². The van der Waals surface area contributed by atoms with Crippen LogP contribution in [0.3, 0.4) is 0 Å². The largest absolute Gasteiger partial charge is 0.573 e. The second kappa shape index (κ2) is 8.95. The smallest absolute Gasteiger partial charge is 0.406 e. The van der Waals surface area contributed by atoms with Crippen LogP contribution >= 0.6 is 0 Å². The van der Waals surface area contributed by atoms with Crippen molar-refractivity contribution < 1.29 is 17.9 Å². The Hall–Kier alpha value is -5.09. The average Bonchev–Trinajstić information content (AvgIpc) is 3.00. The highest BCUT2D eigenvalue weighted by molar-refractivity contribution is 6.29. The molecule has 0 atom stereocenters. The van der Waals surface area contributed by atoms with Crippen molar-refractivity contribution in [1.82, 2.24) is 0 Å². The first-order chi connectivity index (χ1) is 20.4. The Labute approximate surface area is 239 Å². The third-order valence-electron chi connectivity index (χ3n) is 8.53. The summed E-state index contributed by atoms with van der Waals surface area (Å²) in [5.74, 6) is -0.230. The standard InChI is InChI=1S/C38H23F3O/c1-22-27-6-2-4-8-30(27)37(31-9-5-3-7-28(22)31)34-21-15-25-13-19-32-29(18-12-24-14-20-33(34)36(25)35(24)32)23-10-16-26(17-11-23)42-38(39,40)41/h2-21H,1H3. The molecule has 0 unspecified atom stereocenters. The molecule has 0 fully saturated rings. The molecule has 0 saturated heterocycles. The molecule has 0 aliphatic heterocycles. The zero-order valence-electron chi connectivity index (χ0n) is 22.6. The number of hydrogen-bond acceptors (Lipinski definition) is 1. The quantitative estimate of drug-likeness (QED) is 0.156. The van der Waals surface area contributed by atoms with Gasteiger partial charge in [0.2, 0.25) is 0 Å². The minimum atomic E-state index is -4.72. The van der Waals surface area contributed by atoms with Gasteiger partial charge in [-0.1, -0.05) is 109 Å². The number of fused-ring (bicyclic) bond motifs is 2. The van der Waals surface area contributed by atoms with E-state index in [1.807, 2.05) is 6.07 Å². The van der Waals surface area contributed by atoms with Crippen LogP contribution in [0.2, 0.25) is 0 Å². The summed E-state index contributed by atoms with van der Waals surface area (Å²) < 4.78 is 42.3. The Balaban J connectivity index is 1.41. The summed E-state index contributed by atoms with van der Waals surface area (Å²) in [6.07, 6.45) is -4.72. The van der Waals surface area contributed by atoms with E-state index in [-0.39, 0.29) is 5.75 Å². The van der Waals surface area contributed by atoms with Gasteiger partial charge in [-0.3, -0.25) is 0 Å². The van der Waals surface area contributed by atoms with Crippen LogP contribution in [0.15, 0.2) is 121 Å². The predicted molar refractivity (Wildman–Crippen MR) is 167 cm³/mol. The highest BCUT2D eigenvalue weighted by Crippen LogP contribution is 2.46. The van der Waals surface area contributed by atoms with Gasteiger partial charge in [-0.15, -0.1) is 13.2 Å². The molecule has 0 aliphatic rings. The van der Waals surface area contributed by atoms with E-state index in [1.165, 1.54) is 61.1 Å². The number of hydrogen-bond donors (Lipinski definition) is 0. The summed E-state index contributed by atoms with van der Waals surface area (Å²) >= 11 is 0. The van der Waals surface area contributed by atoms with Crippen molar-refractivity contribution in [3.63, 3.8) is 0 Å². The van der Waals surface area contributed by atoms with Crippen molar-refractivity contribution in [2.45, 2.75) is 13.3 Å². The summed E-state index contributed by atoms with van der Waals surface area (Å²) in [6.45, 7) is 2.20. The Kier molecular flexibility index (Phi) is 5.26. The molecular formula is C38H23F3O. The molecule has 0 aliphatic carbocycles. The molecule has 8 rings (SSSR count). The summed E-state index contributed by atoms with van der Waals surface area (Å²) in [5.41, 5.74) is 5.48. The van der Waals surface area contributed by atoms with E-state index in [0.717, 1.165) is 32.7 Å². The van der Waals surface area contributed by atoms with Gasteiger partial charge >= 0.3 is 6.36 Å². The van der Waals surface area contributed by atoms with E-state index in [9.17, 15) is 13.2 Å². The molecular weight excluding hydrogens is 529 g/mol. The van der Waals surface area contributed by atoms with Gasteiger partial charge in [-0.05, 0) is 101 Å². The van der Waals surface area contributed by atoms with Gasteiger partial charge in [0.1, 0.15) is 5.75 Å². The van der Waals surface area contributed by atoms with E-state index in [0.29, 0.717) is 0 Å². The van der Waals surface area contributed by atoms with Gasteiger partial charge in [0.15, 0.2) is 0 Å². The molecule has 0 N–H and O–H groups in total. The van der Waals surface area contributed by atoms with E-state index < -0.39 is 6.36 Å². The minimum Gasteiger partial charge on any atom is -0.406 e. The lowest BCUT2D eigenvalue weighted by atomic mass is 9.84. The Morgan fingerprint density at radius 1 is 0.476 bits per heavy atom. The molecule has 0 radical (unpaired) electrons. The SMILES string of the molecule is Cc1c2ccccc2c(-c2ccc3ccc4c(-c5ccc(OC(F)(F)F)cc5)ccc5ccc2c3c54)c2ccccc12. The predicted octanol–water partition coefficient (Wildman–Crippen LogP) is 11.4. The van der Waals surface area contributed by atoms with Crippen LogP contribution in [0.5, 0.6) is 5.75 Å². The van der Waals surface area contributed by atoms with Crippen LogP contribution in [-0.2, 0) is 0 Å². The van der Waals surface area contributed by atoms with Crippen molar-refractivity contribution >= 4 is 53.9 Å². The zero-order chi connectivity index (χ0) is 28.6. The number of benzene rings is 8. The molecule has 8 aromatic carbocycles. The molecule has 202 valence electrons. The molecule has 0 spiro atoms. The molecule has 0 aromatic heterocycles. The molecule has 0 heterocycles. The first-order valence-electron chi connectivity index (χ1n) is 13.8. The Morgan fingerprint density at radius 3 is 1.50 bits per heavy atom. The van der Waals surface area contributed by atoms with Gasteiger partial charge in [0, 0.05) is 0 Å². The van der Waals surface area contributed by atoms with E-state index in [2.05, 4.69) is 103 Å². The van der Waals surface area contributed by atoms with Crippen LogP contribution in [0.25, 0.3) is 76.1 Å². The van der Waals surface area contributed by atoms with Crippen molar-refractivity contribution in [3.8, 4) is 28.0 Å². The van der Waals surface area contributed by atoms with E-state index in [4.69, 9.17) is 0 Å². The lowest BCUT2D eigenvalue weighted by Gasteiger charge is -2.19. The lowest BCUT2D eigenvalue weighted by molar-refractivity contribution is -0.274. The normalized spacial score (nSPS) is 12.3. The molecule has 8 aromatic rings. The first kappa shape index (κ1) is 24.7. The molecule has 1 nitrogen and oxygen atoms in total. The Bertz CT molecular complexity index is 2260. The van der Waals surface area contributed by atoms with Gasteiger partial charge in [-0.25, -0.2) is 0 Å². The average molecular weight is 553 g/mol. The van der Waals surface area contributed by atoms with Crippen molar-refractivity contribution in [2.75, 3.05) is 0 Å². The number of aryl methyl sites for hydroxylation is 1. The molecule has 42 heavy (non-hydrogen) atoms. The van der Waals surface area contributed by atoms with Crippen molar-refractivity contribution in [1.29, 1.82) is 0 Å². The first-order valence-corrected chi connectivity index (χ1v) is 13.8. The van der Waals surface area contributed by atoms with Crippen LogP contribution in [0.1, 0.15) is 5.56 Å². The summed E-state index contributed by atoms with van der Waals surface area (Å²) in [7, 11) is 0. The number of rotatable bonds is 3. The van der Waals surface area contributed by atoms with Gasteiger partial charge < -0.3 is 4.74 Å². The summed E-state index contributed by atoms with van der Waals surface area (Å²) in [6, 6.07) is 40.6. The molecule has 0 saturated carbocycles. The fourth-order valence-corrected chi connectivity index (χ4v) is 6.74. The molecule has 0 amide bonds. The molecule has 4 heteroatoms. The zero-order valence-corrected chi connectivity index (χ0v) is 22.6. The minimum absolute atomic E-state index is 0.230. The van der Waals surface area contributed by atoms with Crippen LogP contribution < -0.4 is 4.74 Å². The fourth-order valence-electron chi connectivity index (χ4n) is 6.74. The summed E-state index contributed by atoms with van der Waals surface area (Å²) in [5, 5.41) is 11.8. The monoisotopic (exact) mass is 552 g/mol. The fraction of sp³-hybridized carbons (Fsp3) is 0.0526. The highest BCUT2D eigenvalue weighted by atomic mass is 19.4. The second-order valence-electron chi connectivity index (χ2n) is 10.8. The lowest BCUT2D eigenvalue weighted by Crippen LogP contribution is -2.16. The van der Waals surface area contributed by atoms with E-state index in [1.54, 1.807) is 12.1 Å².